The zero-order valence-corrected chi connectivity index (χ0v) is 9.50. The van der Waals surface area contributed by atoms with Crippen molar-refractivity contribution in [2.24, 2.45) is 5.92 Å². The number of carbonyl (C=O) groups excluding carboxylic acids is 1. The minimum Gasteiger partial charge on any atom is -0.432 e. The lowest BCUT2D eigenvalue weighted by molar-refractivity contribution is -0.176. The third kappa shape index (κ3) is 5.75. The SMILES string of the molecule is C=C(C)C(=O)OC(CC)OCC(C)C. The average molecular weight is 200 g/mol. The minimum absolute atomic E-state index is 0.388. The van der Waals surface area contributed by atoms with Crippen LogP contribution in [-0.2, 0) is 14.3 Å². The van der Waals surface area contributed by atoms with Crippen LogP contribution in [0.3, 0.4) is 0 Å². The maximum absolute atomic E-state index is 11.2. The van der Waals surface area contributed by atoms with Crippen LogP contribution in [-0.4, -0.2) is 18.9 Å². The molecule has 1 unspecified atom stereocenters. The van der Waals surface area contributed by atoms with Crippen LogP contribution >= 0.6 is 0 Å². The van der Waals surface area contributed by atoms with Crippen molar-refractivity contribution >= 4 is 5.97 Å². The van der Waals surface area contributed by atoms with Crippen LogP contribution in [0.15, 0.2) is 12.2 Å². The third-order valence-electron chi connectivity index (χ3n) is 1.54. The standard InChI is InChI=1S/C11H20O3/c1-6-10(13-7-8(2)3)14-11(12)9(4)5/h8,10H,4,6-7H2,1-3,5H3. The topological polar surface area (TPSA) is 35.5 Å². The normalized spacial score (nSPS) is 12.6. The van der Waals surface area contributed by atoms with Gasteiger partial charge in [0.25, 0.3) is 0 Å². The summed E-state index contributed by atoms with van der Waals surface area (Å²) in [5, 5.41) is 0. The van der Waals surface area contributed by atoms with E-state index in [1.165, 1.54) is 0 Å². The van der Waals surface area contributed by atoms with Gasteiger partial charge in [0, 0.05) is 12.0 Å². The van der Waals surface area contributed by atoms with Gasteiger partial charge in [-0.15, -0.1) is 0 Å². The number of rotatable bonds is 6. The Morgan fingerprint density at radius 3 is 2.36 bits per heavy atom. The van der Waals surface area contributed by atoms with Crippen molar-refractivity contribution in [3.05, 3.63) is 12.2 Å². The molecule has 0 heterocycles. The largest absolute Gasteiger partial charge is 0.432 e. The van der Waals surface area contributed by atoms with Gasteiger partial charge in [-0.1, -0.05) is 27.4 Å². The van der Waals surface area contributed by atoms with Gasteiger partial charge in [-0.3, -0.25) is 0 Å². The molecule has 0 saturated heterocycles. The highest BCUT2D eigenvalue weighted by atomic mass is 16.7. The molecule has 0 saturated carbocycles. The van der Waals surface area contributed by atoms with Crippen LogP contribution in [0, 0.1) is 5.92 Å². The van der Waals surface area contributed by atoms with Crippen LogP contribution < -0.4 is 0 Å². The van der Waals surface area contributed by atoms with Crippen molar-refractivity contribution in [2.75, 3.05) is 6.61 Å². The number of ether oxygens (including phenoxy) is 2. The fraction of sp³-hybridized carbons (Fsp3) is 0.727. The van der Waals surface area contributed by atoms with Crippen LogP contribution in [0.25, 0.3) is 0 Å². The first-order valence-corrected chi connectivity index (χ1v) is 4.95. The molecule has 3 nitrogen and oxygen atoms in total. The van der Waals surface area contributed by atoms with Crippen molar-refractivity contribution in [3.63, 3.8) is 0 Å². The van der Waals surface area contributed by atoms with Crippen LogP contribution in [0.5, 0.6) is 0 Å². The molecule has 0 bridgehead atoms. The highest BCUT2D eigenvalue weighted by Gasteiger charge is 2.13. The van der Waals surface area contributed by atoms with Crippen molar-refractivity contribution in [1.82, 2.24) is 0 Å². The van der Waals surface area contributed by atoms with Gasteiger partial charge in [-0.25, -0.2) is 4.79 Å². The summed E-state index contributed by atoms with van der Waals surface area (Å²) < 4.78 is 10.4. The Balaban J connectivity index is 3.90. The highest BCUT2D eigenvalue weighted by molar-refractivity contribution is 5.86. The molecule has 3 heteroatoms. The molecule has 0 rings (SSSR count). The first-order valence-electron chi connectivity index (χ1n) is 4.95. The molecule has 0 aliphatic heterocycles. The molecule has 0 radical (unpaired) electrons. The Morgan fingerprint density at radius 2 is 2.00 bits per heavy atom. The van der Waals surface area contributed by atoms with E-state index < -0.39 is 6.29 Å². The Morgan fingerprint density at radius 1 is 1.43 bits per heavy atom. The van der Waals surface area contributed by atoms with E-state index in [1.54, 1.807) is 6.92 Å². The average Bonchev–Trinajstić information content (AvgIpc) is 2.11. The molecule has 0 aromatic rings. The van der Waals surface area contributed by atoms with Crippen molar-refractivity contribution in [3.8, 4) is 0 Å². The summed E-state index contributed by atoms with van der Waals surface area (Å²) in [6.45, 7) is 11.7. The lowest BCUT2D eigenvalue weighted by atomic mass is 10.2. The van der Waals surface area contributed by atoms with E-state index in [2.05, 4.69) is 6.58 Å². The van der Waals surface area contributed by atoms with Crippen molar-refractivity contribution in [1.29, 1.82) is 0 Å². The highest BCUT2D eigenvalue weighted by Crippen LogP contribution is 2.06. The lowest BCUT2D eigenvalue weighted by Gasteiger charge is -2.17. The number of esters is 1. The second-order valence-electron chi connectivity index (χ2n) is 3.75. The number of hydrogen-bond acceptors (Lipinski definition) is 3. The summed E-state index contributed by atoms with van der Waals surface area (Å²) in [4.78, 5) is 11.2. The summed E-state index contributed by atoms with van der Waals surface area (Å²) in [5.74, 6) is 0.0492. The zero-order chi connectivity index (χ0) is 11.1. The molecule has 0 aliphatic carbocycles. The van der Waals surface area contributed by atoms with E-state index in [-0.39, 0.29) is 5.97 Å². The molecule has 1 atom stereocenters. The van der Waals surface area contributed by atoms with Crippen molar-refractivity contribution < 1.29 is 14.3 Å². The van der Waals surface area contributed by atoms with Gasteiger partial charge in [0.15, 0.2) is 0 Å². The second-order valence-corrected chi connectivity index (χ2v) is 3.75. The van der Waals surface area contributed by atoms with Gasteiger partial charge in [0.1, 0.15) is 0 Å². The van der Waals surface area contributed by atoms with E-state index in [0.29, 0.717) is 24.5 Å². The molecule has 82 valence electrons. The fourth-order valence-electron chi connectivity index (χ4n) is 0.755. The van der Waals surface area contributed by atoms with Gasteiger partial charge in [0.2, 0.25) is 6.29 Å². The molecule has 14 heavy (non-hydrogen) atoms. The maximum atomic E-state index is 11.2. The summed E-state index contributed by atoms with van der Waals surface area (Å²) >= 11 is 0. The summed E-state index contributed by atoms with van der Waals surface area (Å²) in [5.41, 5.74) is 0.400. The molecular formula is C11H20O3. The van der Waals surface area contributed by atoms with E-state index >= 15 is 0 Å². The minimum atomic E-state index is -0.443. The molecule has 0 amide bonds. The predicted molar refractivity (Wildman–Crippen MR) is 55.8 cm³/mol. The van der Waals surface area contributed by atoms with E-state index in [0.717, 1.165) is 0 Å². The first-order chi connectivity index (χ1) is 6.47. The molecule has 0 spiro atoms. The molecule has 0 aromatic carbocycles. The Kier molecular flexibility index (Phi) is 6.21. The Labute approximate surface area is 86.1 Å². The summed E-state index contributed by atoms with van der Waals surface area (Å²) in [7, 11) is 0. The first kappa shape index (κ1) is 13.2. The van der Waals surface area contributed by atoms with Crippen LogP contribution in [0.2, 0.25) is 0 Å². The Hall–Kier alpha value is -0.830. The van der Waals surface area contributed by atoms with Crippen LogP contribution in [0.4, 0.5) is 0 Å². The molecule has 0 aliphatic rings. The monoisotopic (exact) mass is 200 g/mol. The number of carbonyl (C=O) groups is 1. The van der Waals surface area contributed by atoms with Gasteiger partial charge in [0.05, 0.1) is 6.61 Å². The maximum Gasteiger partial charge on any atom is 0.335 e. The quantitative estimate of drug-likeness (QED) is 0.375. The van der Waals surface area contributed by atoms with Gasteiger partial charge < -0.3 is 9.47 Å². The van der Waals surface area contributed by atoms with E-state index in [1.807, 2.05) is 20.8 Å². The number of hydrogen-bond donors (Lipinski definition) is 0. The summed E-state index contributed by atoms with van der Waals surface area (Å²) in [6, 6.07) is 0. The zero-order valence-electron chi connectivity index (χ0n) is 9.50. The summed E-state index contributed by atoms with van der Waals surface area (Å²) in [6.07, 6.45) is 0.216. The van der Waals surface area contributed by atoms with Gasteiger partial charge in [-0.05, 0) is 12.8 Å². The molecule has 0 aromatic heterocycles. The van der Waals surface area contributed by atoms with Crippen LogP contribution in [0.1, 0.15) is 34.1 Å². The molecule has 0 N–H and O–H groups in total. The molecule has 0 fully saturated rings. The predicted octanol–water partition coefficient (Wildman–Crippen LogP) is 2.51. The fourth-order valence-corrected chi connectivity index (χ4v) is 0.755. The second kappa shape index (κ2) is 6.60. The Bertz CT molecular complexity index is 197. The smallest absolute Gasteiger partial charge is 0.335 e. The van der Waals surface area contributed by atoms with Crippen molar-refractivity contribution in [2.45, 2.75) is 40.4 Å². The third-order valence-corrected chi connectivity index (χ3v) is 1.54. The molecular weight excluding hydrogens is 180 g/mol. The van der Waals surface area contributed by atoms with Gasteiger partial charge >= 0.3 is 5.97 Å². The lowest BCUT2D eigenvalue weighted by Crippen LogP contribution is -2.22. The van der Waals surface area contributed by atoms with E-state index in [4.69, 9.17) is 9.47 Å². The van der Waals surface area contributed by atoms with E-state index in [9.17, 15) is 4.79 Å². The van der Waals surface area contributed by atoms with Gasteiger partial charge in [-0.2, -0.15) is 0 Å².